The molecule has 0 aliphatic heterocycles. The minimum absolute atomic E-state index is 0.694. The van der Waals surface area contributed by atoms with Crippen LogP contribution in [0.4, 0.5) is 0 Å². The third-order valence-corrected chi connectivity index (χ3v) is 2.59. The SMILES string of the molecule is COc1cc(Br)ccc1CCCCl. The first kappa shape index (κ1) is 10.9. The van der Waals surface area contributed by atoms with Crippen molar-refractivity contribution in [1.82, 2.24) is 0 Å². The summed E-state index contributed by atoms with van der Waals surface area (Å²) in [5.41, 5.74) is 1.21. The largest absolute Gasteiger partial charge is 0.496 e. The fourth-order valence-corrected chi connectivity index (χ4v) is 1.66. The van der Waals surface area contributed by atoms with Crippen LogP contribution in [0.1, 0.15) is 12.0 Å². The van der Waals surface area contributed by atoms with E-state index in [2.05, 4.69) is 22.0 Å². The number of rotatable bonds is 4. The molecular weight excluding hydrogens is 251 g/mol. The maximum atomic E-state index is 5.63. The van der Waals surface area contributed by atoms with Crippen molar-refractivity contribution in [1.29, 1.82) is 0 Å². The van der Waals surface area contributed by atoms with Crippen molar-refractivity contribution < 1.29 is 4.74 Å². The summed E-state index contributed by atoms with van der Waals surface area (Å²) in [4.78, 5) is 0. The summed E-state index contributed by atoms with van der Waals surface area (Å²) in [7, 11) is 1.69. The highest BCUT2D eigenvalue weighted by atomic mass is 79.9. The number of hydrogen-bond donors (Lipinski definition) is 0. The molecule has 0 bridgehead atoms. The van der Waals surface area contributed by atoms with Crippen molar-refractivity contribution in [2.45, 2.75) is 12.8 Å². The Morgan fingerprint density at radius 1 is 1.46 bits per heavy atom. The molecular formula is C10H12BrClO. The van der Waals surface area contributed by atoms with E-state index in [-0.39, 0.29) is 0 Å². The van der Waals surface area contributed by atoms with Crippen LogP contribution in [-0.2, 0) is 6.42 Å². The zero-order chi connectivity index (χ0) is 9.68. The number of aryl methyl sites for hydroxylation is 1. The summed E-state index contributed by atoms with van der Waals surface area (Å²) in [6, 6.07) is 6.06. The van der Waals surface area contributed by atoms with E-state index in [0.29, 0.717) is 5.88 Å². The Morgan fingerprint density at radius 2 is 2.23 bits per heavy atom. The highest BCUT2D eigenvalue weighted by molar-refractivity contribution is 9.10. The van der Waals surface area contributed by atoms with E-state index in [1.807, 2.05) is 12.1 Å². The zero-order valence-electron chi connectivity index (χ0n) is 7.52. The predicted octanol–water partition coefficient (Wildman–Crippen LogP) is 3.63. The second-order valence-corrected chi connectivity index (χ2v) is 4.04. The molecule has 0 heterocycles. The number of hydrogen-bond acceptors (Lipinski definition) is 1. The summed E-state index contributed by atoms with van der Waals surface area (Å²) in [5, 5.41) is 0. The topological polar surface area (TPSA) is 9.23 Å². The maximum Gasteiger partial charge on any atom is 0.123 e. The molecule has 3 heteroatoms. The van der Waals surface area contributed by atoms with Gasteiger partial charge < -0.3 is 4.74 Å². The van der Waals surface area contributed by atoms with Crippen LogP contribution in [0.25, 0.3) is 0 Å². The van der Waals surface area contributed by atoms with Gasteiger partial charge in [0.2, 0.25) is 0 Å². The monoisotopic (exact) mass is 262 g/mol. The van der Waals surface area contributed by atoms with Gasteiger partial charge in [0.05, 0.1) is 7.11 Å². The van der Waals surface area contributed by atoms with E-state index < -0.39 is 0 Å². The molecule has 0 fully saturated rings. The van der Waals surface area contributed by atoms with Crippen LogP contribution in [0.3, 0.4) is 0 Å². The Balaban J connectivity index is 2.79. The summed E-state index contributed by atoms with van der Waals surface area (Å²) >= 11 is 9.03. The average Bonchev–Trinajstić information content (AvgIpc) is 2.16. The minimum atomic E-state index is 0.694. The summed E-state index contributed by atoms with van der Waals surface area (Å²) in [6.45, 7) is 0. The molecule has 1 aromatic carbocycles. The normalized spacial score (nSPS) is 10.1. The highest BCUT2D eigenvalue weighted by Crippen LogP contribution is 2.24. The number of alkyl halides is 1. The maximum absolute atomic E-state index is 5.63. The molecule has 0 saturated carbocycles. The zero-order valence-corrected chi connectivity index (χ0v) is 9.86. The van der Waals surface area contributed by atoms with Crippen LogP contribution in [0.15, 0.2) is 22.7 Å². The first-order valence-electron chi connectivity index (χ1n) is 4.16. The van der Waals surface area contributed by atoms with Gasteiger partial charge in [0.25, 0.3) is 0 Å². The van der Waals surface area contributed by atoms with Gasteiger partial charge in [-0.3, -0.25) is 0 Å². The standard InChI is InChI=1S/C10H12BrClO/c1-13-10-7-9(11)5-4-8(10)3-2-6-12/h4-5,7H,2-3,6H2,1H3. The van der Waals surface area contributed by atoms with Gasteiger partial charge >= 0.3 is 0 Å². The lowest BCUT2D eigenvalue weighted by Gasteiger charge is -2.07. The van der Waals surface area contributed by atoms with Crippen LogP contribution in [-0.4, -0.2) is 13.0 Å². The number of ether oxygens (including phenoxy) is 1. The molecule has 0 saturated heterocycles. The van der Waals surface area contributed by atoms with E-state index in [1.54, 1.807) is 7.11 Å². The molecule has 0 aromatic heterocycles. The predicted molar refractivity (Wildman–Crippen MR) is 59.7 cm³/mol. The van der Waals surface area contributed by atoms with Crippen LogP contribution >= 0.6 is 27.5 Å². The second kappa shape index (κ2) is 5.51. The minimum Gasteiger partial charge on any atom is -0.496 e. The first-order valence-corrected chi connectivity index (χ1v) is 5.49. The molecule has 0 radical (unpaired) electrons. The summed E-state index contributed by atoms with van der Waals surface area (Å²) in [5.74, 6) is 1.62. The Labute approximate surface area is 92.2 Å². The molecule has 0 spiro atoms. The summed E-state index contributed by atoms with van der Waals surface area (Å²) < 4.78 is 6.29. The molecule has 72 valence electrons. The van der Waals surface area contributed by atoms with Crippen molar-refractivity contribution in [2.24, 2.45) is 0 Å². The van der Waals surface area contributed by atoms with Gasteiger partial charge in [0.1, 0.15) is 5.75 Å². The molecule has 0 N–H and O–H groups in total. The average molecular weight is 264 g/mol. The van der Waals surface area contributed by atoms with Crippen LogP contribution in [0, 0.1) is 0 Å². The third kappa shape index (κ3) is 3.20. The molecule has 0 amide bonds. The number of methoxy groups -OCH3 is 1. The molecule has 0 aliphatic carbocycles. The van der Waals surface area contributed by atoms with Crippen LogP contribution < -0.4 is 4.74 Å². The van der Waals surface area contributed by atoms with Gasteiger partial charge in [-0.25, -0.2) is 0 Å². The van der Waals surface area contributed by atoms with Gasteiger partial charge in [-0.15, -0.1) is 11.6 Å². The van der Waals surface area contributed by atoms with Crippen molar-refractivity contribution in [3.63, 3.8) is 0 Å². The van der Waals surface area contributed by atoms with Crippen molar-refractivity contribution >= 4 is 27.5 Å². The van der Waals surface area contributed by atoms with E-state index in [4.69, 9.17) is 16.3 Å². The lowest BCUT2D eigenvalue weighted by molar-refractivity contribution is 0.409. The van der Waals surface area contributed by atoms with Crippen LogP contribution in [0.5, 0.6) is 5.75 Å². The van der Waals surface area contributed by atoms with Crippen molar-refractivity contribution in [3.8, 4) is 5.75 Å². The van der Waals surface area contributed by atoms with Gasteiger partial charge in [-0.1, -0.05) is 22.0 Å². The van der Waals surface area contributed by atoms with Gasteiger partial charge in [-0.05, 0) is 30.5 Å². The number of halogens is 2. The van der Waals surface area contributed by atoms with Gasteiger partial charge in [0, 0.05) is 10.4 Å². The molecule has 13 heavy (non-hydrogen) atoms. The van der Waals surface area contributed by atoms with Gasteiger partial charge in [0.15, 0.2) is 0 Å². The Hall–Kier alpha value is -0.210. The Morgan fingerprint density at radius 3 is 2.85 bits per heavy atom. The highest BCUT2D eigenvalue weighted by Gasteiger charge is 2.02. The quantitative estimate of drug-likeness (QED) is 0.754. The Bertz CT molecular complexity index is 276. The van der Waals surface area contributed by atoms with E-state index in [0.717, 1.165) is 23.1 Å². The van der Waals surface area contributed by atoms with E-state index in [1.165, 1.54) is 5.56 Å². The molecule has 1 aromatic rings. The lowest BCUT2D eigenvalue weighted by Crippen LogP contribution is -1.92. The van der Waals surface area contributed by atoms with Crippen molar-refractivity contribution in [2.75, 3.05) is 13.0 Å². The molecule has 0 unspecified atom stereocenters. The molecule has 0 aliphatic rings. The Kier molecular flexibility index (Phi) is 4.60. The lowest BCUT2D eigenvalue weighted by atomic mass is 10.1. The third-order valence-electron chi connectivity index (χ3n) is 1.83. The smallest absolute Gasteiger partial charge is 0.123 e. The second-order valence-electron chi connectivity index (χ2n) is 2.75. The van der Waals surface area contributed by atoms with Crippen LogP contribution in [0.2, 0.25) is 0 Å². The molecule has 0 atom stereocenters. The molecule has 1 nitrogen and oxygen atoms in total. The van der Waals surface area contributed by atoms with Gasteiger partial charge in [-0.2, -0.15) is 0 Å². The van der Waals surface area contributed by atoms with Crippen molar-refractivity contribution in [3.05, 3.63) is 28.2 Å². The summed E-state index contributed by atoms with van der Waals surface area (Å²) in [6.07, 6.45) is 1.96. The molecule has 1 rings (SSSR count). The fraction of sp³-hybridized carbons (Fsp3) is 0.400. The fourth-order valence-electron chi connectivity index (χ4n) is 1.18. The van der Waals surface area contributed by atoms with E-state index >= 15 is 0 Å². The number of benzene rings is 1. The van der Waals surface area contributed by atoms with E-state index in [9.17, 15) is 0 Å². The first-order chi connectivity index (χ1) is 6.27.